The fourth-order valence-corrected chi connectivity index (χ4v) is 5.21. The Balaban J connectivity index is 1.53. The SMILES string of the molecule is Cn1ccnc1-c1ccc2c(c1)N(c1cccc(-c3ccccn3)c1)c1ccccc1-c1cnccc1-2. The summed E-state index contributed by atoms with van der Waals surface area (Å²) in [5, 5.41) is 0. The standard InChI is InChI=1S/C32H23N5/c1-36-18-17-35-32(36)23-12-13-27-25-14-16-33-21-28(25)26-9-2-3-11-30(26)37(31(27)20-23)24-8-6-7-22(19-24)29-10-4-5-15-34-29/h2-21H,1H3. The van der Waals surface area contributed by atoms with Crippen molar-refractivity contribution in [1.82, 2.24) is 19.5 Å². The molecule has 0 radical (unpaired) electrons. The van der Waals surface area contributed by atoms with Crippen LogP contribution in [0.3, 0.4) is 0 Å². The lowest BCUT2D eigenvalue weighted by molar-refractivity contribution is 0.925. The molecule has 6 aromatic rings. The largest absolute Gasteiger partial charge is 0.334 e. The second-order valence-corrected chi connectivity index (χ2v) is 9.13. The van der Waals surface area contributed by atoms with Crippen molar-refractivity contribution >= 4 is 17.1 Å². The van der Waals surface area contributed by atoms with Crippen LogP contribution in [0.1, 0.15) is 0 Å². The molecule has 3 aromatic carbocycles. The first kappa shape index (κ1) is 21.3. The zero-order valence-electron chi connectivity index (χ0n) is 20.3. The molecule has 0 fully saturated rings. The van der Waals surface area contributed by atoms with Crippen LogP contribution in [0.4, 0.5) is 17.1 Å². The first-order valence-electron chi connectivity index (χ1n) is 12.2. The van der Waals surface area contributed by atoms with Gasteiger partial charge in [-0.15, -0.1) is 0 Å². The van der Waals surface area contributed by atoms with E-state index in [1.165, 1.54) is 0 Å². The molecule has 7 rings (SSSR count). The predicted octanol–water partition coefficient (Wildman–Crippen LogP) is 7.66. The van der Waals surface area contributed by atoms with Gasteiger partial charge in [0.2, 0.25) is 0 Å². The number of aromatic nitrogens is 4. The summed E-state index contributed by atoms with van der Waals surface area (Å²) in [6.07, 6.45) is 9.49. The van der Waals surface area contributed by atoms with Crippen LogP contribution in [0.5, 0.6) is 0 Å². The number of benzene rings is 3. The Hall–Kier alpha value is -5.03. The lowest BCUT2D eigenvalue weighted by Gasteiger charge is -2.28. The van der Waals surface area contributed by atoms with Crippen molar-refractivity contribution in [3.63, 3.8) is 0 Å². The number of para-hydroxylation sites is 1. The third-order valence-corrected chi connectivity index (χ3v) is 6.93. The lowest BCUT2D eigenvalue weighted by atomic mass is 9.96. The third-order valence-electron chi connectivity index (χ3n) is 6.93. The Kier molecular flexibility index (Phi) is 4.93. The summed E-state index contributed by atoms with van der Waals surface area (Å²) in [5.74, 6) is 0.928. The molecule has 0 saturated carbocycles. The van der Waals surface area contributed by atoms with Crippen molar-refractivity contribution in [2.75, 3.05) is 4.90 Å². The van der Waals surface area contributed by atoms with E-state index in [0.717, 1.165) is 62.0 Å². The number of imidazole rings is 1. The molecule has 176 valence electrons. The van der Waals surface area contributed by atoms with Gasteiger partial charge in [-0.05, 0) is 48.0 Å². The first-order valence-corrected chi connectivity index (χ1v) is 12.2. The Morgan fingerprint density at radius 3 is 2.35 bits per heavy atom. The van der Waals surface area contributed by atoms with Crippen LogP contribution in [0.15, 0.2) is 122 Å². The van der Waals surface area contributed by atoms with Gasteiger partial charge in [0.15, 0.2) is 0 Å². The monoisotopic (exact) mass is 477 g/mol. The van der Waals surface area contributed by atoms with Gasteiger partial charge in [0, 0.05) is 71.5 Å². The van der Waals surface area contributed by atoms with Crippen LogP contribution in [-0.2, 0) is 7.05 Å². The fraction of sp³-hybridized carbons (Fsp3) is 0.0312. The number of pyridine rings is 2. The van der Waals surface area contributed by atoms with Crippen molar-refractivity contribution in [1.29, 1.82) is 0 Å². The first-order chi connectivity index (χ1) is 18.3. The Morgan fingerprint density at radius 2 is 1.49 bits per heavy atom. The predicted molar refractivity (Wildman–Crippen MR) is 149 cm³/mol. The van der Waals surface area contributed by atoms with Gasteiger partial charge >= 0.3 is 0 Å². The topological polar surface area (TPSA) is 46.8 Å². The van der Waals surface area contributed by atoms with Crippen LogP contribution >= 0.6 is 0 Å². The summed E-state index contributed by atoms with van der Waals surface area (Å²) < 4.78 is 2.05. The van der Waals surface area contributed by atoms with Crippen LogP contribution < -0.4 is 4.90 Å². The number of aryl methyl sites for hydroxylation is 1. The zero-order valence-corrected chi connectivity index (χ0v) is 20.3. The van der Waals surface area contributed by atoms with E-state index in [0.29, 0.717) is 0 Å². The molecule has 0 atom stereocenters. The van der Waals surface area contributed by atoms with Crippen molar-refractivity contribution in [3.05, 3.63) is 122 Å². The number of nitrogens with zero attached hydrogens (tertiary/aromatic N) is 5. The molecule has 0 saturated heterocycles. The van der Waals surface area contributed by atoms with Gasteiger partial charge in [-0.1, -0.05) is 48.5 Å². The van der Waals surface area contributed by atoms with Crippen LogP contribution in [0.2, 0.25) is 0 Å². The van der Waals surface area contributed by atoms with E-state index in [2.05, 4.69) is 97.2 Å². The van der Waals surface area contributed by atoms with Crippen LogP contribution in [-0.4, -0.2) is 19.5 Å². The van der Waals surface area contributed by atoms with E-state index < -0.39 is 0 Å². The molecule has 0 spiro atoms. The number of rotatable bonds is 3. The highest BCUT2D eigenvalue weighted by atomic mass is 15.2. The minimum atomic E-state index is 0.928. The average molecular weight is 478 g/mol. The second kappa shape index (κ2) is 8.57. The van der Waals surface area contributed by atoms with Crippen molar-refractivity contribution in [2.24, 2.45) is 7.05 Å². The molecule has 0 amide bonds. The highest BCUT2D eigenvalue weighted by Gasteiger charge is 2.27. The Labute approximate surface area is 215 Å². The zero-order chi connectivity index (χ0) is 24.8. The van der Waals surface area contributed by atoms with Gasteiger partial charge < -0.3 is 9.47 Å². The summed E-state index contributed by atoms with van der Waals surface area (Å²) in [4.78, 5) is 16.1. The highest BCUT2D eigenvalue weighted by Crippen LogP contribution is 2.51. The van der Waals surface area contributed by atoms with Gasteiger partial charge in [0.25, 0.3) is 0 Å². The van der Waals surface area contributed by atoms with Gasteiger partial charge in [0.1, 0.15) is 5.82 Å². The molecule has 0 N–H and O–H groups in total. The van der Waals surface area contributed by atoms with E-state index >= 15 is 0 Å². The third kappa shape index (κ3) is 3.52. The number of anilines is 3. The minimum Gasteiger partial charge on any atom is -0.334 e. The molecule has 37 heavy (non-hydrogen) atoms. The fourth-order valence-electron chi connectivity index (χ4n) is 5.21. The maximum Gasteiger partial charge on any atom is 0.139 e. The summed E-state index contributed by atoms with van der Waals surface area (Å²) in [6, 6.07) is 31.9. The molecular weight excluding hydrogens is 454 g/mol. The van der Waals surface area contributed by atoms with Gasteiger partial charge in [-0.25, -0.2) is 4.98 Å². The molecule has 5 nitrogen and oxygen atoms in total. The number of hydrogen-bond acceptors (Lipinski definition) is 4. The van der Waals surface area contributed by atoms with E-state index in [1.807, 2.05) is 56.2 Å². The van der Waals surface area contributed by atoms with E-state index in [1.54, 1.807) is 0 Å². The van der Waals surface area contributed by atoms with Gasteiger partial charge in [-0.2, -0.15) is 0 Å². The average Bonchev–Trinajstić information content (AvgIpc) is 3.35. The molecular formula is C32H23N5. The molecule has 5 heteroatoms. The number of fused-ring (bicyclic) bond motifs is 5. The molecule has 0 bridgehead atoms. The van der Waals surface area contributed by atoms with Crippen molar-refractivity contribution in [2.45, 2.75) is 0 Å². The quantitative estimate of drug-likeness (QED) is 0.262. The van der Waals surface area contributed by atoms with E-state index in [9.17, 15) is 0 Å². The molecule has 0 aliphatic carbocycles. The molecule has 1 aliphatic heterocycles. The normalized spacial score (nSPS) is 11.9. The minimum absolute atomic E-state index is 0.928. The van der Waals surface area contributed by atoms with Crippen molar-refractivity contribution < 1.29 is 0 Å². The highest BCUT2D eigenvalue weighted by molar-refractivity contribution is 6.03. The van der Waals surface area contributed by atoms with Crippen LogP contribution in [0.25, 0.3) is 44.9 Å². The Bertz CT molecular complexity index is 1750. The summed E-state index contributed by atoms with van der Waals surface area (Å²) >= 11 is 0. The van der Waals surface area contributed by atoms with E-state index in [-0.39, 0.29) is 0 Å². The maximum absolute atomic E-state index is 4.62. The molecule has 3 aromatic heterocycles. The summed E-state index contributed by atoms with van der Waals surface area (Å²) in [6.45, 7) is 0. The van der Waals surface area contributed by atoms with Gasteiger partial charge in [0.05, 0.1) is 17.1 Å². The van der Waals surface area contributed by atoms with E-state index in [4.69, 9.17) is 0 Å². The maximum atomic E-state index is 4.62. The molecule has 0 unspecified atom stereocenters. The van der Waals surface area contributed by atoms with Gasteiger partial charge in [-0.3, -0.25) is 9.97 Å². The van der Waals surface area contributed by atoms with Crippen LogP contribution in [0, 0.1) is 0 Å². The molecule has 1 aliphatic rings. The van der Waals surface area contributed by atoms with Crippen molar-refractivity contribution in [3.8, 4) is 44.9 Å². The summed E-state index contributed by atoms with van der Waals surface area (Å²) in [7, 11) is 2.03. The summed E-state index contributed by atoms with van der Waals surface area (Å²) in [5.41, 5.74) is 10.9. The smallest absolute Gasteiger partial charge is 0.139 e. The lowest BCUT2D eigenvalue weighted by Crippen LogP contribution is -2.11. The second-order valence-electron chi connectivity index (χ2n) is 9.13. The molecule has 4 heterocycles. The Morgan fingerprint density at radius 1 is 0.595 bits per heavy atom. The number of hydrogen-bond donors (Lipinski definition) is 0.